The third kappa shape index (κ3) is 5.15. The number of benzene rings is 3. The summed E-state index contributed by atoms with van der Waals surface area (Å²) < 4.78 is 35.0. The largest absolute Gasteiger partial charge is 0.508 e. The van der Waals surface area contributed by atoms with Gasteiger partial charge in [0.2, 0.25) is 0 Å². The normalized spacial score (nSPS) is 20.3. The predicted octanol–water partition coefficient (Wildman–Crippen LogP) is 6.95. The zero-order chi connectivity index (χ0) is 28.8. The molecule has 4 aromatic rings. The lowest BCUT2D eigenvalue weighted by Gasteiger charge is -2.31. The first-order chi connectivity index (χ1) is 20.4. The number of imidazole rings is 1. The second-order valence-corrected chi connectivity index (χ2v) is 11.4. The summed E-state index contributed by atoms with van der Waals surface area (Å²) in [5, 5.41) is 10.3. The number of aliphatic hydroxyl groups is 1. The van der Waals surface area contributed by atoms with Crippen LogP contribution >= 0.6 is 11.6 Å². The Balaban J connectivity index is 1.12. The maximum Gasteiger partial charge on any atom is 0.169 e. The summed E-state index contributed by atoms with van der Waals surface area (Å²) in [6.45, 7) is 7.70. The number of rotatable bonds is 7. The molecular weight excluding hydrogens is 557 g/mol. The lowest BCUT2D eigenvalue weighted by atomic mass is 9.97. The molecule has 3 aliphatic rings. The molecule has 1 saturated heterocycles. The van der Waals surface area contributed by atoms with Gasteiger partial charge in [-0.3, -0.25) is 4.90 Å². The van der Waals surface area contributed by atoms with Crippen LogP contribution in [0.15, 0.2) is 67.3 Å². The zero-order valence-electron chi connectivity index (χ0n) is 23.1. The van der Waals surface area contributed by atoms with Gasteiger partial charge in [-0.15, -0.1) is 0 Å². The summed E-state index contributed by atoms with van der Waals surface area (Å²) in [6, 6.07) is 16.2. The van der Waals surface area contributed by atoms with E-state index in [2.05, 4.69) is 22.1 Å². The molecule has 2 atom stereocenters. The van der Waals surface area contributed by atoms with Crippen LogP contribution in [-0.4, -0.2) is 52.0 Å². The van der Waals surface area contributed by atoms with Gasteiger partial charge >= 0.3 is 0 Å². The van der Waals surface area contributed by atoms with E-state index in [0.717, 1.165) is 61.5 Å². The molecule has 1 aromatic heterocycles. The van der Waals surface area contributed by atoms with Crippen LogP contribution in [-0.2, 0) is 17.8 Å². The summed E-state index contributed by atoms with van der Waals surface area (Å²) in [6.07, 6.45) is 3.69. The highest BCUT2D eigenvalue weighted by atomic mass is 35.5. The molecule has 0 amide bonds. The lowest BCUT2D eigenvalue weighted by Crippen LogP contribution is -2.33. The third-order valence-corrected chi connectivity index (χ3v) is 8.52. The molecule has 0 radical (unpaired) electrons. The van der Waals surface area contributed by atoms with Crippen molar-refractivity contribution in [3.05, 3.63) is 101 Å². The van der Waals surface area contributed by atoms with Crippen molar-refractivity contribution in [2.45, 2.75) is 38.1 Å². The minimum absolute atomic E-state index is 0.0434. The van der Waals surface area contributed by atoms with E-state index in [1.165, 1.54) is 11.6 Å². The van der Waals surface area contributed by atoms with Crippen molar-refractivity contribution in [3.63, 3.8) is 0 Å². The van der Waals surface area contributed by atoms with Crippen LogP contribution in [0, 0.1) is 5.82 Å². The number of ether oxygens (including phenoxy) is 3. The number of hydrogen-bond acceptors (Lipinski definition) is 6. The maximum absolute atomic E-state index is 14.7. The van der Waals surface area contributed by atoms with E-state index in [1.54, 1.807) is 12.1 Å². The monoisotopic (exact) mass is 587 g/mol. The molecule has 0 bridgehead atoms. The molecule has 1 N–H and O–H groups in total. The molecular formula is C33H31ClFN3O4. The van der Waals surface area contributed by atoms with E-state index in [1.807, 2.05) is 36.4 Å². The quantitative estimate of drug-likeness (QED) is 0.236. The standard InChI is InChI=1S/C33H31ClFN3O4/c1-20(39)22-5-8-28-29(15-22)38(17-24-11-14-40-24)32(36-28)18-37-12-9-21(10-13-37)25-3-2-4-30-33(25)42-31(19-41-30)26-7-6-23(34)16-27(26)35/h2-9,15-16,24,31,39H,1,10-14,17-19H2/t24-,31-/m0/s1. The van der Waals surface area contributed by atoms with Gasteiger partial charge in [-0.2, -0.15) is 0 Å². The average Bonchev–Trinajstić information content (AvgIpc) is 3.30. The fourth-order valence-electron chi connectivity index (χ4n) is 5.87. The van der Waals surface area contributed by atoms with Crippen molar-refractivity contribution >= 4 is 34.0 Å². The van der Waals surface area contributed by atoms with Gasteiger partial charge in [0.1, 0.15) is 24.0 Å². The van der Waals surface area contributed by atoms with E-state index in [0.29, 0.717) is 34.2 Å². The van der Waals surface area contributed by atoms with Crippen LogP contribution < -0.4 is 9.47 Å². The Labute approximate surface area is 248 Å². The minimum Gasteiger partial charge on any atom is -0.508 e. The molecule has 0 unspecified atom stereocenters. The van der Waals surface area contributed by atoms with E-state index in [-0.39, 0.29) is 18.5 Å². The summed E-state index contributed by atoms with van der Waals surface area (Å²) >= 11 is 5.96. The Morgan fingerprint density at radius 3 is 2.79 bits per heavy atom. The van der Waals surface area contributed by atoms with Crippen molar-refractivity contribution in [2.75, 3.05) is 26.3 Å². The number of aliphatic hydroxyl groups excluding tert-OH is 1. The highest BCUT2D eigenvalue weighted by Gasteiger charge is 2.29. The number of fused-ring (bicyclic) bond motifs is 2. The van der Waals surface area contributed by atoms with Crippen molar-refractivity contribution in [2.24, 2.45) is 0 Å². The third-order valence-electron chi connectivity index (χ3n) is 8.28. The summed E-state index contributed by atoms with van der Waals surface area (Å²) in [5.74, 6) is 1.92. The van der Waals surface area contributed by atoms with Crippen LogP contribution in [0.3, 0.4) is 0 Å². The molecule has 0 saturated carbocycles. The molecule has 0 aliphatic carbocycles. The fraction of sp³-hybridized carbons (Fsp3) is 0.303. The molecule has 7 rings (SSSR count). The molecule has 216 valence electrons. The number of aromatic nitrogens is 2. The first-order valence-corrected chi connectivity index (χ1v) is 14.6. The number of nitrogens with zero attached hydrogens (tertiary/aromatic N) is 3. The molecule has 0 spiro atoms. The van der Waals surface area contributed by atoms with Gasteiger partial charge in [0, 0.05) is 41.4 Å². The number of para-hydroxylation sites is 1. The van der Waals surface area contributed by atoms with Gasteiger partial charge in [-0.25, -0.2) is 9.37 Å². The van der Waals surface area contributed by atoms with E-state index < -0.39 is 11.9 Å². The average molecular weight is 588 g/mol. The van der Waals surface area contributed by atoms with Crippen molar-refractivity contribution in [1.82, 2.24) is 14.5 Å². The van der Waals surface area contributed by atoms with Gasteiger partial charge in [0.05, 0.1) is 30.2 Å². The zero-order valence-corrected chi connectivity index (χ0v) is 23.8. The van der Waals surface area contributed by atoms with Gasteiger partial charge in [0.25, 0.3) is 0 Å². The fourth-order valence-corrected chi connectivity index (χ4v) is 6.03. The van der Waals surface area contributed by atoms with Gasteiger partial charge < -0.3 is 23.9 Å². The Morgan fingerprint density at radius 1 is 1.17 bits per heavy atom. The minimum atomic E-state index is -0.562. The highest BCUT2D eigenvalue weighted by Crippen LogP contribution is 2.43. The molecule has 1 fully saturated rings. The van der Waals surface area contributed by atoms with Gasteiger partial charge in [0.15, 0.2) is 17.6 Å². The Hall–Kier alpha value is -3.85. The first kappa shape index (κ1) is 27.0. The molecule has 3 aliphatic heterocycles. The SMILES string of the molecule is C=C(O)c1ccc2nc(CN3CC=C(c4cccc5c4O[C@H](c4ccc(Cl)cc4F)CO5)CC3)n(C[C@@H]3CCO3)c2c1. The summed E-state index contributed by atoms with van der Waals surface area (Å²) in [5.41, 5.74) is 5.12. The Kier molecular flexibility index (Phi) is 7.14. The maximum atomic E-state index is 14.7. The smallest absolute Gasteiger partial charge is 0.169 e. The van der Waals surface area contributed by atoms with Crippen molar-refractivity contribution < 1.29 is 23.7 Å². The predicted molar refractivity (Wildman–Crippen MR) is 160 cm³/mol. The molecule has 7 nitrogen and oxygen atoms in total. The van der Waals surface area contributed by atoms with E-state index >= 15 is 0 Å². The van der Waals surface area contributed by atoms with Crippen LogP contribution in [0.25, 0.3) is 22.4 Å². The van der Waals surface area contributed by atoms with Gasteiger partial charge in [-0.1, -0.05) is 42.5 Å². The molecule has 42 heavy (non-hydrogen) atoms. The summed E-state index contributed by atoms with van der Waals surface area (Å²) in [4.78, 5) is 7.33. The molecule has 9 heteroatoms. The van der Waals surface area contributed by atoms with Crippen molar-refractivity contribution in [3.8, 4) is 11.5 Å². The summed E-state index contributed by atoms with van der Waals surface area (Å²) in [7, 11) is 0. The first-order valence-electron chi connectivity index (χ1n) is 14.2. The van der Waals surface area contributed by atoms with E-state index in [4.69, 9.17) is 30.8 Å². The number of hydrogen-bond donors (Lipinski definition) is 1. The van der Waals surface area contributed by atoms with Gasteiger partial charge in [-0.05, 0) is 54.8 Å². The Bertz CT molecular complexity index is 1710. The second kappa shape index (κ2) is 11.1. The molecule has 4 heterocycles. The van der Waals surface area contributed by atoms with E-state index in [9.17, 15) is 9.50 Å². The lowest BCUT2D eigenvalue weighted by molar-refractivity contribution is -0.0591. The molecule has 3 aromatic carbocycles. The Morgan fingerprint density at radius 2 is 2.05 bits per heavy atom. The second-order valence-electron chi connectivity index (χ2n) is 11.0. The highest BCUT2D eigenvalue weighted by molar-refractivity contribution is 6.30. The van der Waals surface area contributed by atoms with Crippen LogP contribution in [0.1, 0.15) is 41.5 Å². The van der Waals surface area contributed by atoms with Crippen LogP contribution in [0.4, 0.5) is 4.39 Å². The topological polar surface area (TPSA) is 69.0 Å². The van der Waals surface area contributed by atoms with Crippen LogP contribution in [0.2, 0.25) is 5.02 Å². The van der Waals surface area contributed by atoms with Crippen LogP contribution in [0.5, 0.6) is 11.5 Å². The van der Waals surface area contributed by atoms with Crippen molar-refractivity contribution in [1.29, 1.82) is 0 Å². The number of halogens is 2.